The summed E-state index contributed by atoms with van der Waals surface area (Å²) < 4.78 is 5.80. The summed E-state index contributed by atoms with van der Waals surface area (Å²) in [5.74, 6) is 0.369. The maximum absolute atomic E-state index is 12.3. The van der Waals surface area contributed by atoms with Gasteiger partial charge in [-0.1, -0.05) is 48.9 Å². The Hall–Kier alpha value is -2.00. The van der Waals surface area contributed by atoms with Crippen LogP contribution in [0.4, 0.5) is 0 Å². The van der Waals surface area contributed by atoms with Crippen LogP contribution in [-0.4, -0.2) is 11.9 Å². The van der Waals surface area contributed by atoms with Gasteiger partial charge in [-0.05, 0) is 37.1 Å². The molecule has 0 saturated carbocycles. The highest BCUT2D eigenvalue weighted by Gasteiger charge is 2.15. The van der Waals surface area contributed by atoms with Crippen LogP contribution in [0.5, 0.6) is 5.75 Å². The van der Waals surface area contributed by atoms with Crippen molar-refractivity contribution in [1.82, 2.24) is 5.32 Å². The van der Waals surface area contributed by atoms with Crippen molar-refractivity contribution in [3.63, 3.8) is 0 Å². The van der Waals surface area contributed by atoms with E-state index in [4.69, 9.17) is 16.3 Å². The first-order valence-corrected chi connectivity index (χ1v) is 7.75. The predicted octanol–water partition coefficient (Wildman–Crippen LogP) is 4.45. The van der Waals surface area contributed by atoms with Crippen LogP contribution in [0.3, 0.4) is 0 Å². The van der Waals surface area contributed by atoms with E-state index in [1.54, 1.807) is 18.2 Å². The Bertz CT molecular complexity index is 628. The summed E-state index contributed by atoms with van der Waals surface area (Å²) in [5.41, 5.74) is 1.51. The summed E-state index contributed by atoms with van der Waals surface area (Å²) in [6, 6.07) is 15.0. The number of ether oxygens (including phenoxy) is 1. The predicted molar refractivity (Wildman–Crippen MR) is 89.4 cm³/mol. The molecule has 3 nitrogen and oxygen atoms in total. The highest BCUT2D eigenvalue weighted by atomic mass is 35.5. The first-order chi connectivity index (χ1) is 10.6. The van der Waals surface area contributed by atoms with Crippen molar-refractivity contribution in [2.24, 2.45) is 0 Å². The van der Waals surface area contributed by atoms with Gasteiger partial charge in [0.05, 0.1) is 5.56 Å². The molecule has 0 fully saturated rings. The molecule has 2 rings (SSSR count). The van der Waals surface area contributed by atoms with Crippen molar-refractivity contribution in [3.8, 4) is 5.75 Å². The number of carbonyl (C=O) groups excluding carboxylic acids is 1. The van der Waals surface area contributed by atoms with E-state index in [2.05, 4.69) is 5.32 Å². The third kappa shape index (κ3) is 4.50. The molecular weight excluding hydrogens is 298 g/mol. The molecular formula is C18H20ClNO2. The topological polar surface area (TPSA) is 38.3 Å². The first-order valence-electron chi connectivity index (χ1n) is 7.37. The van der Waals surface area contributed by atoms with Gasteiger partial charge in [0, 0.05) is 11.1 Å². The Morgan fingerprint density at radius 3 is 2.64 bits per heavy atom. The Morgan fingerprint density at radius 2 is 1.95 bits per heavy atom. The number of hydrogen-bond donors (Lipinski definition) is 1. The maximum atomic E-state index is 12.3. The van der Waals surface area contributed by atoms with E-state index in [9.17, 15) is 4.79 Å². The Balaban J connectivity index is 2.15. The molecule has 2 aromatic carbocycles. The molecule has 0 heterocycles. The standard InChI is InChI=1S/C18H20ClNO2/c1-3-13(2)20-18(21)16-11-15(19)9-10-17(16)22-12-14-7-5-4-6-8-14/h4-11,13H,3,12H2,1-2H3,(H,20,21)/t13-/m0/s1. The molecule has 0 aliphatic rings. The second kappa shape index (κ2) is 7.85. The quantitative estimate of drug-likeness (QED) is 0.855. The van der Waals surface area contributed by atoms with Crippen molar-refractivity contribution in [2.75, 3.05) is 0 Å². The molecule has 0 radical (unpaired) electrons. The lowest BCUT2D eigenvalue weighted by Gasteiger charge is -2.15. The molecule has 1 amide bonds. The van der Waals surface area contributed by atoms with Crippen LogP contribution in [0.1, 0.15) is 36.2 Å². The summed E-state index contributed by atoms with van der Waals surface area (Å²) in [6.07, 6.45) is 0.868. The molecule has 0 unspecified atom stereocenters. The van der Waals surface area contributed by atoms with Gasteiger partial charge in [-0.2, -0.15) is 0 Å². The smallest absolute Gasteiger partial charge is 0.255 e. The van der Waals surface area contributed by atoms with Gasteiger partial charge >= 0.3 is 0 Å². The molecule has 22 heavy (non-hydrogen) atoms. The van der Waals surface area contributed by atoms with Crippen LogP contribution in [0.15, 0.2) is 48.5 Å². The van der Waals surface area contributed by atoms with Gasteiger partial charge in [0.1, 0.15) is 12.4 Å². The van der Waals surface area contributed by atoms with E-state index >= 15 is 0 Å². The molecule has 0 aliphatic heterocycles. The maximum Gasteiger partial charge on any atom is 0.255 e. The SMILES string of the molecule is CC[C@H](C)NC(=O)c1cc(Cl)ccc1OCc1ccccc1. The molecule has 4 heteroatoms. The summed E-state index contributed by atoms with van der Waals surface area (Å²) >= 11 is 6.01. The zero-order valence-electron chi connectivity index (χ0n) is 12.8. The average molecular weight is 318 g/mol. The zero-order chi connectivity index (χ0) is 15.9. The van der Waals surface area contributed by atoms with Gasteiger partial charge in [-0.15, -0.1) is 0 Å². The number of carbonyl (C=O) groups is 1. The summed E-state index contributed by atoms with van der Waals surface area (Å²) in [4.78, 5) is 12.3. The normalized spacial score (nSPS) is 11.8. The Morgan fingerprint density at radius 1 is 1.23 bits per heavy atom. The number of hydrogen-bond acceptors (Lipinski definition) is 2. The molecule has 1 N–H and O–H groups in total. The molecule has 1 atom stereocenters. The highest BCUT2D eigenvalue weighted by Crippen LogP contribution is 2.24. The number of benzene rings is 2. The van der Waals surface area contributed by atoms with Crippen molar-refractivity contribution in [2.45, 2.75) is 32.9 Å². The molecule has 0 bridgehead atoms. The Kier molecular flexibility index (Phi) is 5.84. The number of amides is 1. The molecule has 0 aliphatic carbocycles. The van der Waals surface area contributed by atoms with E-state index in [0.29, 0.717) is 22.9 Å². The van der Waals surface area contributed by atoms with Gasteiger partial charge in [0.25, 0.3) is 5.91 Å². The van der Waals surface area contributed by atoms with E-state index in [0.717, 1.165) is 12.0 Å². The van der Waals surface area contributed by atoms with E-state index in [1.807, 2.05) is 44.2 Å². The van der Waals surface area contributed by atoms with Gasteiger partial charge in [0.15, 0.2) is 0 Å². The summed E-state index contributed by atoms with van der Waals surface area (Å²) in [5, 5.41) is 3.45. The monoisotopic (exact) mass is 317 g/mol. The lowest BCUT2D eigenvalue weighted by atomic mass is 10.1. The van der Waals surface area contributed by atoms with E-state index in [1.165, 1.54) is 0 Å². The minimum absolute atomic E-state index is 0.105. The third-order valence-electron chi connectivity index (χ3n) is 3.41. The molecule has 0 saturated heterocycles. The fraction of sp³-hybridized carbons (Fsp3) is 0.278. The van der Waals surface area contributed by atoms with Crippen LogP contribution < -0.4 is 10.1 Å². The highest BCUT2D eigenvalue weighted by molar-refractivity contribution is 6.31. The summed E-state index contributed by atoms with van der Waals surface area (Å²) in [6.45, 7) is 4.40. The molecule has 0 spiro atoms. The van der Waals surface area contributed by atoms with Gasteiger partial charge in [-0.3, -0.25) is 4.79 Å². The second-order valence-corrected chi connectivity index (χ2v) is 5.63. The minimum atomic E-state index is -0.167. The zero-order valence-corrected chi connectivity index (χ0v) is 13.6. The lowest BCUT2D eigenvalue weighted by molar-refractivity contribution is 0.0934. The molecule has 2 aromatic rings. The van der Waals surface area contributed by atoms with E-state index < -0.39 is 0 Å². The van der Waals surface area contributed by atoms with Crippen LogP contribution in [0, 0.1) is 0 Å². The fourth-order valence-electron chi connectivity index (χ4n) is 1.94. The van der Waals surface area contributed by atoms with Crippen LogP contribution in [0.25, 0.3) is 0 Å². The van der Waals surface area contributed by atoms with Gasteiger partial charge < -0.3 is 10.1 Å². The van der Waals surface area contributed by atoms with Gasteiger partial charge in [-0.25, -0.2) is 0 Å². The lowest BCUT2D eigenvalue weighted by Crippen LogP contribution is -2.32. The largest absolute Gasteiger partial charge is 0.488 e. The van der Waals surface area contributed by atoms with Crippen molar-refractivity contribution < 1.29 is 9.53 Å². The van der Waals surface area contributed by atoms with E-state index in [-0.39, 0.29) is 11.9 Å². The third-order valence-corrected chi connectivity index (χ3v) is 3.65. The molecule has 116 valence electrons. The second-order valence-electron chi connectivity index (χ2n) is 5.20. The number of rotatable bonds is 6. The van der Waals surface area contributed by atoms with Crippen molar-refractivity contribution in [1.29, 1.82) is 0 Å². The van der Waals surface area contributed by atoms with Crippen molar-refractivity contribution >= 4 is 17.5 Å². The fourth-order valence-corrected chi connectivity index (χ4v) is 2.12. The van der Waals surface area contributed by atoms with Crippen LogP contribution >= 0.6 is 11.6 Å². The Labute approximate surface area is 136 Å². The van der Waals surface area contributed by atoms with Crippen LogP contribution in [-0.2, 0) is 6.61 Å². The summed E-state index contributed by atoms with van der Waals surface area (Å²) in [7, 11) is 0. The molecule has 0 aromatic heterocycles. The average Bonchev–Trinajstić information content (AvgIpc) is 2.54. The first kappa shape index (κ1) is 16.4. The van der Waals surface area contributed by atoms with Crippen molar-refractivity contribution in [3.05, 3.63) is 64.7 Å². The van der Waals surface area contributed by atoms with Crippen LogP contribution in [0.2, 0.25) is 5.02 Å². The number of halogens is 1. The minimum Gasteiger partial charge on any atom is -0.488 e. The van der Waals surface area contributed by atoms with Gasteiger partial charge in [0.2, 0.25) is 0 Å². The number of nitrogens with one attached hydrogen (secondary N) is 1.